The van der Waals surface area contributed by atoms with Crippen molar-refractivity contribution in [2.24, 2.45) is 5.92 Å². The lowest BCUT2D eigenvalue weighted by atomic mass is 10.1. The Balaban J connectivity index is 1.50. The zero-order valence-corrected chi connectivity index (χ0v) is 11.8. The molecule has 1 aromatic carbocycles. The van der Waals surface area contributed by atoms with Gasteiger partial charge < -0.3 is 10.6 Å². The molecular formula is C15H20N2OS. The molecule has 4 heteroatoms. The van der Waals surface area contributed by atoms with Crippen LogP contribution in [0.5, 0.6) is 0 Å². The SMILES string of the molecule is O=C(NCC1(Sc2ccccc2)CC1)C1CCNC1. The molecule has 2 aliphatic rings. The maximum Gasteiger partial charge on any atom is 0.224 e. The molecule has 1 aromatic rings. The normalized spacial score (nSPS) is 24.1. The van der Waals surface area contributed by atoms with Crippen LogP contribution >= 0.6 is 11.8 Å². The summed E-state index contributed by atoms with van der Waals surface area (Å²) >= 11 is 1.91. The average Bonchev–Trinajstić information content (AvgIpc) is 2.99. The predicted octanol–water partition coefficient (Wildman–Crippen LogP) is 2.04. The van der Waals surface area contributed by atoms with Crippen LogP contribution in [-0.4, -0.2) is 30.3 Å². The summed E-state index contributed by atoms with van der Waals surface area (Å²) in [5.74, 6) is 0.405. The summed E-state index contributed by atoms with van der Waals surface area (Å²) in [6, 6.07) is 10.5. The van der Waals surface area contributed by atoms with Gasteiger partial charge in [-0.15, -0.1) is 11.8 Å². The van der Waals surface area contributed by atoms with Gasteiger partial charge in [-0.25, -0.2) is 0 Å². The van der Waals surface area contributed by atoms with E-state index in [0.29, 0.717) is 0 Å². The number of nitrogens with one attached hydrogen (secondary N) is 2. The van der Waals surface area contributed by atoms with E-state index in [-0.39, 0.29) is 16.6 Å². The van der Waals surface area contributed by atoms with E-state index in [1.54, 1.807) is 0 Å². The highest BCUT2D eigenvalue weighted by Crippen LogP contribution is 2.51. The summed E-state index contributed by atoms with van der Waals surface area (Å²) in [6.45, 7) is 2.62. The highest BCUT2D eigenvalue weighted by Gasteiger charge is 2.44. The van der Waals surface area contributed by atoms with Crippen molar-refractivity contribution in [1.29, 1.82) is 0 Å². The van der Waals surface area contributed by atoms with E-state index >= 15 is 0 Å². The van der Waals surface area contributed by atoms with Crippen molar-refractivity contribution in [2.75, 3.05) is 19.6 Å². The van der Waals surface area contributed by atoms with Gasteiger partial charge >= 0.3 is 0 Å². The third kappa shape index (κ3) is 3.31. The monoisotopic (exact) mass is 276 g/mol. The second-order valence-corrected chi connectivity index (χ2v) is 7.05. The van der Waals surface area contributed by atoms with Crippen molar-refractivity contribution in [2.45, 2.75) is 28.9 Å². The number of amides is 1. The molecule has 0 aromatic heterocycles. The predicted molar refractivity (Wildman–Crippen MR) is 78.3 cm³/mol. The van der Waals surface area contributed by atoms with Crippen molar-refractivity contribution in [3.05, 3.63) is 30.3 Å². The van der Waals surface area contributed by atoms with E-state index in [2.05, 4.69) is 34.9 Å². The van der Waals surface area contributed by atoms with Crippen LogP contribution in [0.3, 0.4) is 0 Å². The van der Waals surface area contributed by atoms with E-state index in [1.165, 1.54) is 17.7 Å². The van der Waals surface area contributed by atoms with E-state index in [0.717, 1.165) is 26.1 Å². The minimum atomic E-state index is 0.178. The molecule has 102 valence electrons. The Bertz CT molecular complexity index is 439. The highest BCUT2D eigenvalue weighted by molar-refractivity contribution is 8.01. The molecule has 1 amide bonds. The van der Waals surface area contributed by atoms with Crippen LogP contribution in [0.2, 0.25) is 0 Å². The van der Waals surface area contributed by atoms with Gasteiger partial charge in [0, 0.05) is 22.7 Å². The van der Waals surface area contributed by atoms with Crippen LogP contribution in [0.1, 0.15) is 19.3 Å². The number of hydrogen-bond acceptors (Lipinski definition) is 3. The van der Waals surface area contributed by atoms with Crippen molar-refractivity contribution in [3.8, 4) is 0 Å². The van der Waals surface area contributed by atoms with Gasteiger partial charge in [-0.3, -0.25) is 4.79 Å². The van der Waals surface area contributed by atoms with Gasteiger partial charge in [-0.2, -0.15) is 0 Å². The fourth-order valence-corrected chi connectivity index (χ4v) is 3.71. The molecule has 0 bridgehead atoms. The first kappa shape index (κ1) is 13.0. The third-order valence-electron chi connectivity index (χ3n) is 3.90. The number of hydrogen-bond donors (Lipinski definition) is 2. The topological polar surface area (TPSA) is 41.1 Å². The second kappa shape index (κ2) is 5.55. The van der Waals surface area contributed by atoms with Gasteiger partial charge in [0.05, 0.1) is 5.92 Å². The van der Waals surface area contributed by atoms with Crippen LogP contribution in [0, 0.1) is 5.92 Å². The van der Waals surface area contributed by atoms with Gasteiger partial charge in [-0.1, -0.05) is 18.2 Å². The lowest BCUT2D eigenvalue weighted by molar-refractivity contribution is -0.124. The number of carbonyl (C=O) groups excluding carboxylic acids is 1. The maximum atomic E-state index is 12.0. The van der Waals surface area contributed by atoms with Crippen molar-refractivity contribution in [1.82, 2.24) is 10.6 Å². The number of carbonyl (C=O) groups is 1. The number of rotatable bonds is 5. The van der Waals surface area contributed by atoms with Crippen LogP contribution < -0.4 is 10.6 Å². The summed E-state index contributed by atoms with van der Waals surface area (Å²) in [5.41, 5.74) is 0. The first-order valence-corrected chi connectivity index (χ1v) is 7.82. The molecule has 1 aliphatic heterocycles. The maximum absolute atomic E-state index is 12.0. The molecule has 1 aliphatic carbocycles. The molecular weight excluding hydrogens is 256 g/mol. The summed E-state index contributed by atoms with van der Waals surface area (Å²) < 4.78 is 0.253. The van der Waals surface area contributed by atoms with Crippen molar-refractivity contribution in [3.63, 3.8) is 0 Å². The molecule has 1 saturated carbocycles. The smallest absolute Gasteiger partial charge is 0.224 e. The Morgan fingerprint density at radius 1 is 1.37 bits per heavy atom. The Hall–Kier alpha value is -1.00. The van der Waals surface area contributed by atoms with Gasteiger partial charge in [-0.05, 0) is 37.9 Å². The van der Waals surface area contributed by atoms with E-state index in [4.69, 9.17) is 0 Å². The molecule has 2 N–H and O–H groups in total. The summed E-state index contributed by atoms with van der Waals surface area (Å²) in [4.78, 5) is 13.3. The van der Waals surface area contributed by atoms with E-state index < -0.39 is 0 Å². The number of benzene rings is 1. The van der Waals surface area contributed by atoms with Gasteiger partial charge in [0.25, 0.3) is 0 Å². The molecule has 0 radical (unpaired) electrons. The highest BCUT2D eigenvalue weighted by atomic mass is 32.2. The van der Waals surface area contributed by atoms with E-state index in [9.17, 15) is 4.79 Å². The standard InChI is InChI=1S/C15H20N2OS/c18-14(12-6-9-16-10-12)17-11-15(7-8-15)19-13-4-2-1-3-5-13/h1-5,12,16H,6-11H2,(H,17,18). The average molecular weight is 276 g/mol. The summed E-state index contributed by atoms with van der Waals surface area (Å²) in [6.07, 6.45) is 3.39. The summed E-state index contributed by atoms with van der Waals surface area (Å²) in [7, 11) is 0. The van der Waals surface area contributed by atoms with Crippen LogP contribution in [0.4, 0.5) is 0 Å². The molecule has 3 nitrogen and oxygen atoms in total. The summed E-state index contributed by atoms with van der Waals surface area (Å²) in [5, 5.41) is 6.39. The molecule has 3 rings (SSSR count). The molecule has 1 atom stereocenters. The number of thioether (sulfide) groups is 1. The zero-order valence-electron chi connectivity index (χ0n) is 11.0. The van der Waals surface area contributed by atoms with Gasteiger partial charge in [0.2, 0.25) is 5.91 Å². The first-order chi connectivity index (χ1) is 9.27. The molecule has 1 heterocycles. The first-order valence-electron chi connectivity index (χ1n) is 7.00. The molecule has 0 spiro atoms. The van der Waals surface area contributed by atoms with Crippen molar-refractivity contribution >= 4 is 17.7 Å². The third-order valence-corrected chi connectivity index (χ3v) is 5.39. The minimum absolute atomic E-state index is 0.178. The Kier molecular flexibility index (Phi) is 3.80. The fraction of sp³-hybridized carbons (Fsp3) is 0.533. The van der Waals surface area contributed by atoms with Crippen LogP contribution in [-0.2, 0) is 4.79 Å². The van der Waals surface area contributed by atoms with Crippen LogP contribution in [0.25, 0.3) is 0 Å². The van der Waals surface area contributed by atoms with Crippen molar-refractivity contribution < 1.29 is 4.79 Å². The second-order valence-electron chi connectivity index (χ2n) is 5.51. The van der Waals surface area contributed by atoms with Gasteiger partial charge in [0.1, 0.15) is 0 Å². The van der Waals surface area contributed by atoms with Gasteiger partial charge in [0.15, 0.2) is 0 Å². The van der Waals surface area contributed by atoms with E-state index in [1.807, 2.05) is 17.8 Å². The quantitative estimate of drug-likeness (QED) is 0.864. The zero-order chi connectivity index (χ0) is 13.1. The Morgan fingerprint density at radius 3 is 2.79 bits per heavy atom. The van der Waals surface area contributed by atoms with Crippen LogP contribution in [0.15, 0.2) is 35.2 Å². The molecule has 1 unspecified atom stereocenters. The minimum Gasteiger partial charge on any atom is -0.354 e. The largest absolute Gasteiger partial charge is 0.354 e. The molecule has 2 fully saturated rings. The Morgan fingerprint density at radius 2 is 2.16 bits per heavy atom. The lowest BCUT2D eigenvalue weighted by Gasteiger charge is -2.17. The Labute approximate surface area is 118 Å². The molecule has 1 saturated heterocycles. The fourth-order valence-electron chi connectivity index (χ4n) is 2.46. The molecule has 19 heavy (non-hydrogen) atoms. The lowest BCUT2D eigenvalue weighted by Crippen LogP contribution is -2.37.